The number of sulfone groups is 1. The molecular weight excluding hydrogens is 605 g/mol. The Morgan fingerprint density at radius 2 is 1.74 bits per heavy atom. The second-order valence-corrected chi connectivity index (χ2v) is 11.8. The lowest BCUT2D eigenvalue weighted by Crippen LogP contribution is -2.21. The number of aromatic nitrogens is 1. The third-order valence-electron chi connectivity index (χ3n) is 6.45. The van der Waals surface area contributed by atoms with Crippen molar-refractivity contribution in [1.82, 2.24) is 10.3 Å². The van der Waals surface area contributed by atoms with Crippen LogP contribution in [0, 0.1) is 11.6 Å². The molecule has 1 aromatic heterocycles. The van der Waals surface area contributed by atoms with Crippen LogP contribution in [0.25, 0.3) is 11.3 Å². The highest BCUT2D eigenvalue weighted by molar-refractivity contribution is 7.90. The zero-order valence-electron chi connectivity index (χ0n) is 21.2. The number of rotatable bonds is 5. The molecule has 0 radical (unpaired) electrons. The Labute approximate surface area is 240 Å². The van der Waals surface area contributed by atoms with Gasteiger partial charge in [-0.1, -0.05) is 11.6 Å². The SMILES string of the molecule is CS(=O)(=O)c1ccc(-c2cc(NC(=O)c3cc(F)cc(C(F)(F)F)c3)c3c(c2)C(=O)NC3c2cc(F)ccc2Cl)nc1. The van der Waals surface area contributed by atoms with Crippen molar-refractivity contribution in [3.8, 4) is 11.3 Å². The van der Waals surface area contributed by atoms with E-state index in [1.54, 1.807) is 0 Å². The molecule has 0 aliphatic carbocycles. The van der Waals surface area contributed by atoms with Gasteiger partial charge in [0.2, 0.25) is 0 Å². The molecule has 14 heteroatoms. The van der Waals surface area contributed by atoms with Crippen LogP contribution in [0.15, 0.2) is 71.8 Å². The van der Waals surface area contributed by atoms with E-state index < -0.39 is 56.6 Å². The Morgan fingerprint density at radius 3 is 2.38 bits per heavy atom. The summed E-state index contributed by atoms with van der Waals surface area (Å²) < 4.78 is 91.8. The first-order valence-electron chi connectivity index (χ1n) is 11.9. The van der Waals surface area contributed by atoms with E-state index in [4.69, 9.17) is 11.6 Å². The van der Waals surface area contributed by atoms with E-state index in [-0.39, 0.29) is 49.6 Å². The van der Waals surface area contributed by atoms with E-state index in [1.165, 1.54) is 30.3 Å². The maximum atomic E-state index is 14.2. The second-order valence-electron chi connectivity index (χ2n) is 9.39. The smallest absolute Gasteiger partial charge is 0.341 e. The summed E-state index contributed by atoms with van der Waals surface area (Å²) in [6, 6.07) is 9.08. The number of nitrogens with zero attached hydrogens (tertiary/aromatic N) is 1. The van der Waals surface area contributed by atoms with E-state index in [9.17, 15) is 40.0 Å². The Hall–Kier alpha value is -4.36. The highest BCUT2D eigenvalue weighted by Crippen LogP contribution is 2.42. The highest BCUT2D eigenvalue weighted by Gasteiger charge is 2.36. The fourth-order valence-corrected chi connectivity index (χ4v) is 5.29. The topological polar surface area (TPSA) is 105 Å². The molecule has 1 aliphatic heterocycles. The summed E-state index contributed by atoms with van der Waals surface area (Å²) in [6.45, 7) is 0. The molecular formula is C28H17ClF5N3O4S. The van der Waals surface area contributed by atoms with Gasteiger partial charge in [0, 0.05) is 51.0 Å². The molecule has 216 valence electrons. The summed E-state index contributed by atoms with van der Waals surface area (Å²) in [7, 11) is -3.58. The molecule has 0 saturated heterocycles. The lowest BCUT2D eigenvalue weighted by molar-refractivity contribution is -0.137. The van der Waals surface area contributed by atoms with Gasteiger partial charge in [-0.2, -0.15) is 13.2 Å². The Kier molecular flexibility index (Phi) is 7.27. The maximum Gasteiger partial charge on any atom is 0.416 e. The van der Waals surface area contributed by atoms with Crippen molar-refractivity contribution in [2.24, 2.45) is 0 Å². The predicted molar refractivity (Wildman–Crippen MR) is 143 cm³/mol. The number of alkyl halides is 3. The number of benzene rings is 3. The van der Waals surface area contributed by atoms with Crippen molar-refractivity contribution >= 4 is 38.9 Å². The molecule has 1 unspecified atom stereocenters. The third kappa shape index (κ3) is 5.70. The van der Waals surface area contributed by atoms with Crippen LogP contribution in [0.5, 0.6) is 0 Å². The van der Waals surface area contributed by atoms with E-state index in [0.29, 0.717) is 12.1 Å². The van der Waals surface area contributed by atoms with E-state index in [1.807, 2.05) is 0 Å². The van der Waals surface area contributed by atoms with Gasteiger partial charge in [0.15, 0.2) is 9.84 Å². The number of fused-ring (bicyclic) bond motifs is 1. The molecule has 1 aliphatic rings. The zero-order valence-corrected chi connectivity index (χ0v) is 22.8. The molecule has 5 rings (SSSR count). The lowest BCUT2D eigenvalue weighted by Gasteiger charge is -2.19. The molecule has 0 spiro atoms. The Morgan fingerprint density at radius 1 is 1.00 bits per heavy atom. The first kappa shape index (κ1) is 29.1. The Balaban J connectivity index is 1.66. The third-order valence-corrected chi connectivity index (χ3v) is 7.90. The lowest BCUT2D eigenvalue weighted by atomic mass is 9.93. The van der Waals surface area contributed by atoms with Crippen molar-refractivity contribution in [1.29, 1.82) is 0 Å². The largest absolute Gasteiger partial charge is 0.416 e. The van der Waals surface area contributed by atoms with Crippen molar-refractivity contribution in [3.05, 3.63) is 111 Å². The van der Waals surface area contributed by atoms with Crippen LogP contribution in [-0.4, -0.2) is 31.5 Å². The van der Waals surface area contributed by atoms with Crippen molar-refractivity contribution < 1.29 is 40.0 Å². The summed E-state index contributed by atoms with van der Waals surface area (Å²) in [6.07, 6.45) is -2.85. The van der Waals surface area contributed by atoms with Crippen LogP contribution >= 0.6 is 11.6 Å². The number of amides is 2. The molecule has 42 heavy (non-hydrogen) atoms. The minimum atomic E-state index is -4.93. The quantitative estimate of drug-likeness (QED) is 0.259. The number of hydrogen-bond donors (Lipinski definition) is 2. The normalized spacial score (nSPS) is 14.8. The first-order valence-corrected chi connectivity index (χ1v) is 14.2. The fraction of sp³-hybridized carbons (Fsp3) is 0.107. The molecule has 0 fully saturated rings. The number of carbonyl (C=O) groups excluding carboxylic acids is 2. The van der Waals surface area contributed by atoms with Crippen molar-refractivity contribution in [3.63, 3.8) is 0 Å². The molecule has 2 heterocycles. The molecule has 2 N–H and O–H groups in total. The van der Waals surface area contributed by atoms with Gasteiger partial charge in [-0.3, -0.25) is 14.6 Å². The van der Waals surface area contributed by atoms with Crippen LogP contribution < -0.4 is 10.6 Å². The summed E-state index contributed by atoms with van der Waals surface area (Å²) in [4.78, 5) is 30.3. The molecule has 1 atom stereocenters. The molecule has 4 aromatic rings. The fourth-order valence-electron chi connectivity index (χ4n) is 4.50. The molecule has 2 amide bonds. The molecule has 7 nitrogen and oxygen atoms in total. The number of halogens is 6. The number of carbonyl (C=O) groups is 2. The van der Waals surface area contributed by atoms with Gasteiger partial charge in [-0.15, -0.1) is 0 Å². The number of nitrogens with one attached hydrogen (secondary N) is 2. The van der Waals surface area contributed by atoms with E-state index in [0.717, 1.165) is 24.6 Å². The van der Waals surface area contributed by atoms with Crippen LogP contribution in [0.1, 0.15) is 43.4 Å². The highest BCUT2D eigenvalue weighted by atomic mass is 35.5. The van der Waals surface area contributed by atoms with Crippen LogP contribution in [0.3, 0.4) is 0 Å². The summed E-state index contributed by atoms with van der Waals surface area (Å²) in [5.41, 5.74) is -1.48. The average molecular weight is 622 g/mol. The van der Waals surface area contributed by atoms with Gasteiger partial charge in [0.25, 0.3) is 11.8 Å². The van der Waals surface area contributed by atoms with Gasteiger partial charge in [-0.25, -0.2) is 17.2 Å². The van der Waals surface area contributed by atoms with Gasteiger partial charge < -0.3 is 10.6 Å². The van der Waals surface area contributed by atoms with Crippen LogP contribution in [0.4, 0.5) is 27.6 Å². The predicted octanol–water partition coefficient (Wildman–Crippen LogP) is 6.19. The molecule has 0 saturated carbocycles. The van der Waals surface area contributed by atoms with Gasteiger partial charge in [-0.05, 0) is 60.7 Å². The van der Waals surface area contributed by atoms with Crippen LogP contribution in [0.2, 0.25) is 5.02 Å². The van der Waals surface area contributed by atoms with Crippen molar-refractivity contribution in [2.75, 3.05) is 11.6 Å². The molecule has 0 bridgehead atoms. The summed E-state index contributed by atoms with van der Waals surface area (Å²) in [5, 5.41) is 5.17. The summed E-state index contributed by atoms with van der Waals surface area (Å²) in [5.74, 6) is -3.76. The monoisotopic (exact) mass is 621 g/mol. The second kappa shape index (κ2) is 10.5. The zero-order chi connectivity index (χ0) is 30.6. The van der Waals surface area contributed by atoms with E-state index >= 15 is 0 Å². The number of pyridine rings is 1. The van der Waals surface area contributed by atoms with E-state index in [2.05, 4.69) is 15.6 Å². The average Bonchev–Trinajstić information content (AvgIpc) is 3.25. The van der Waals surface area contributed by atoms with Gasteiger partial charge >= 0.3 is 6.18 Å². The van der Waals surface area contributed by atoms with Crippen molar-refractivity contribution in [2.45, 2.75) is 17.1 Å². The molecule has 3 aromatic carbocycles. The number of hydrogen-bond acceptors (Lipinski definition) is 5. The summed E-state index contributed by atoms with van der Waals surface area (Å²) >= 11 is 6.29. The minimum Gasteiger partial charge on any atom is -0.341 e. The first-order chi connectivity index (χ1) is 19.6. The standard InChI is InChI=1S/C28H17ClF5N3O4S/c1-42(40,41)18-3-5-22(35-12-18)13-8-20-24(25(37-27(20)39)19-11-16(30)2-4-21(19)29)23(9-13)36-26(38)14-6-15(28(32,33)34)10-17(31)7-14/h2-12,25H,1H3,(H,36,38)(H,37,39). The Bertz CT molecular complexity index is 1880. The number of anilines is 1. The maximum absolute atomic E-state index is 14.2. The van der Waals surface area contributed by atoms with Crippen LogP contribution in [-0.2, 0) is 16.0 Å². The van der Waals surface area contributed by atoms with Gasteiger partial charge in [0.05, 0.1) is 22.2 Å². The van der Waals surface area contributed by atoms with Gasteiger partial charge in [0.1, 0.15) is 11.6 Å². The minimum absolute atomic E-state index is 0.00246.